The van der Waals surface area contributed by atoms with E-state index in [4.69, 9.17) is 11.0 Å². The normalized spacial score (nSPS) is 18.6. The molecule has 90 valence electrons. The second-order valence-electron chi connectivity index (χ2n) is 4.33. The van der Waals surface area contributed by atoms with Crippen molar-refractivity contribution in [3.8, 4) is 6.07 Å². The molecule has 1 aliphatic carbocycles. The molecule has 0 bridgehead atoms. The van der Waals surface area contributed by atoms with E-state index in [1.165, 1.54) is 0 Å². The summed E-state index contributed by atoms with van der Waals surface area (Å²) >= 11 is 1.57. The van der Waals surface area contributed by atoms with Crippen molar-refractivity contribution < 1.29 is 4.79 Å². The van der Waals surface area contributed by atoms with Crippen molar-refractivity contribution in [2.24, 2.45) is 11.7 Å². The highest BCUT2D eigenvalue weighted by atomic mass is 32.2. The molecule has 0 aromatic heterocycles. The summed E-state index contributed by atoms with van der Waals surface area (Å²) in [6.45, 7) is 2.47. The first-order chi connectivity index (χ1) is 7.62. The van der Waals surface area contributed by atoms with Crippen LogP contribution in [0.25, 0.3) is 0 Å². The zero-order valence-corrected chi connectivity index (χ0v) is 10.5. The molecule has 1 aliphatic rings. The second-order valence-corrected chi connectivity index (χ2v) is 5.44. The number of carbonyl (C=O) groups is 1. The van der Waals surface area contributed by atoms with Gasteiger partial charge in [-0.2, -0.15) is 17.0 Å². The number of thioether (sulfide) groups is 1. The summed E-state index contributed by atoms with van der Waals surface area (Å²) in [5.74, 6) is 1.62. The molecule has 1 atom stereocenters. The monoisotopic (exact) mass is 241 g/mol. The summed E-state index contributed by atoms with van der Waals surface area (Å²) in [5.41, 5.74) is 4.70. The first-order valence-corrected chi connectivity index (χ1v) is 6.78. The topological polar surface area (TPSA) is 78.9 Å². The molecule has 16 heavy (non-hydrogen) atoms. The molecule has 0 radical (unpaired) electrons. The minimum Gasteiger partial charge on any atom is -0.337 e. The third-order valence-electron chi connectivity index (χ3n) is 2.75. The molecule has 0 aromatic rings. The molecule has 1 fully saturated rings. The molecule has 0 spiro atoms. The Labute approximate surface area is 101 Å². The van der Waals surface area contributed by atoms with Crippen molar-refractivity contribution in [1.82, 2.24) is 5.32 Å². The Morgan fingerprint density at radius 2 is 2.38 bits per heavy atom. The fraction of sp³-hybridized carbons (Fsp3) is 0.818. The molecule has 0 heterocycles. The lowest BCUT2D eigenvalue weighted by atomic mass is 9.98. The quantitative estimate of drug-likeness (QED) is 0.648. The highest BCUT2D eigenvalue weighted by Crippen LogP contribution is 2.39. The maximum atomic E-state index is 11.6. The van der Waals surface area contributed by atoms with Crippen molar-refractivity contribution in [1.29, 1.82) is 5.26 Å². The molecule has 1 rings (SSSR count). The van der Waals surface area contributed by atoms with Crippen LogP contribution in [0.1, 0.15) is 26.2 Å². The van der Waals surface area contributed by atoms with Crippen LogP contribution in [0.3, 0.4) is 0 Å². The minimum atomic E-state index is -0.661. The van der Waals surface area contributed by atoms with Crippen molar-refractivity contribution in [2.75, 3.05) is 18.1 Å². The van der Waals surface area contributed by atoms with E-state index < -0.39 is 5.54 Å². The van der Waals surface area contributed by atoms with Crippen LogP contribution in [0.4, 0.5) is 0 Å². The van der Waals surface area contributed by atoms with Crippen LogP contribution in [0.2, 0.25) is 0 Å². The van der Waals surface area contributed by atoms with E-state index in [0.717, 1.165) is 25.0 Å². The van der Waals surface area contributed by atoms with Crippen LogP contribution >= 0.6 is 11.8 Å². The largest absolute Gasteiger partial charge is 0.337 e. The minimum absolute atomic E-state index is 0.0435. The number of nitrogens with one attached hydrogen (secondary N) is 1. The Morgan fingerprint density at radius 1 is 1.69 bits per heavy atom. The van der Waals surface area contributed by atoms with E-state index in [1.54, 1.807) is 11.8 Å². The molecule has 1 saturated carbocycles. The van der Waals surface area contributed by atoms with E-state index >= 15 is 0 Å². The summed E-state index contributed by atoms with van der Waals surface area (Å²) in [6.07, 6.45) is 3.02. The number of nitrogens with two attached hydrogens (primary N) is 1. The smallest absolute Gasteiger partial charge is 0.231 e. The average molecular weight is 241 g/mol. The number of amides is 1. The van der Waals surface area contributed by atoms with Crippen molar-refractivity contribution in [3.63, 3.8) is 0 Å². The van der Waals surface area contributed by atoms with Gasteiger partial charge >= 0.3 is 0 Å². The van der Waals surface area contributed by atoms with Gasteiger partial charge in [0.1, 0.15) is 5.54 Å². The maximum absolute atomic E-state index is 11.6. The fourth-order valence-corrected chi connectivity index (χ4v) is 2.33. The van der Waals surface area contributed by atoms with Crippen LogP contribution in [0.15, 0.2) is 0 Å². The van der Waals surface area contributed by atoms with Gasteiger partial charge in [-0.3, -0.25) is 4.79 Å². The molecular formula is C11H19N3OS. The Bertz CT molecular complexity index is 285. The van der Waals surface area contributed by atoms with Crippen LogP contribution in [0.5, 0.6) is 0 Å². The predicted octanol–water partition coefficient (Wildman–Crippen LogP) is 0.877. The van der Waals surface area contributed by atoms with E-state index in [2.05, 4.69) is 11.4 Å². The van der Waals surface area contributed by atoms with Gasteiger partial charge in [-0.25, -0.2) is 0 Å². The van der Waals surface area contributed by atoms with E-state index in [-0.39, 0.29) is 5.91 Å². The van der Waals surface area contributed by atoms with Gasteiger partial charge in [-0.15, -0.1) is 0 Å². The molecule has 5 heteroatoms. The van der Waals surface area contributed by atoms with Gasteiger partial charge < -0.3 is 11.1 Å². The van der Waals surface area contributed by atoms with Gasteiger partial charge in [0.05, 0.1) is 11.8 Å². The molecule has 0 aromatic carbocycles. The molecular weight excluding hydrogens is 222 g/mol. The lowest BCUT2D eigenvalue weighted by Crippen LogP contribution is -2.47. The number of nitrogens with zero attached hydrogens (tertiary/aromatic N) is 1. The standard InChI is InChI=1S/C11H19N3OS/c1-11(8-13,9-3-4-9)14-10(15)7-16-6-2-5-12/h9H,2-7,12H2,1H3,(H,14,15). The summed E-state index contributed by atoms with van der Waals surface area (Å²) < 4.78 is 0. The fourth-order valence-electron chi connectivity index (χ4n) is 1.56. The Morgan fingerprint density at radius 3 is 2.88 bits per heavy atom. The van der Waals surface area contributed by atoms with Gasteiger partial charge in [0.15, 0.2) is 0 Å². The first-order valence-electron chi connectivity index (χ1n) is 5.62. The van der Waals surface area contributed by atoms with Crippen molar-refractivity contribution in [3.05, 3.63) is 0 Å². The van der Waals surface area contributed by atoms with Gasteiger partial charge in [0.25, 0.3) is 0 Å². The molecule has 1 amide bonds. The highest BCUT2D eigenvalue weighted by Gasteiger charge is 2.42. The Hall–Kier alpha value is -0.730. The molecule has 0 aliphatic heterocycles. The number of nitriles is 1. The molecule has 0 saturated heterocycles. The highest BCUT2D eigenvalue weighted by molar-refractivity contribution is 7.99. The van der Waals surface area contributed by atoms with E-state index in [9.17, 15) is 4.79 Å². The second kappa shape index (κ2) is 6.12. The summed E-state index contributed by atoms with van der Waals surface area (Å²) in [7, 11) is 0. The van der Waals surface area contributed by atoms with E-state index in [0.29, 0.717) is 18.2 Å². The summed E-state index contributed by atoms with van der Waals surface area (Å²) in [6, 6.07) is 2.21. The van der Waals surface area contributed by atoms with Crippen LogP contribution in [-0.4, -0.2) is 29.5 Å². The maximum Gasteiger partial charge on any atom is 0.231 e. The predicted molar refractivity (Wildman–Crippen MR) is 65.9 cm³/mol. The summed E-state index contributed by atoms with van der Waals surface area (Å²) in [4.78, 5) is 11.6. The zero-order valence-electron chi connectivity index (χ0n) is 9.66. The molecule has 4 nitrogen and oxygen atoms in total. The third-order valence-corrected chi connectivity index (χ3v) is 3.79. The van der Waals surface area contributed by atoms with Crippen LogP contribution in [0, 0.1) is 17.2 Å². The number of hydrogen-bond donors (Lipinski definition) is 2. The van der Waals surface area contributed by atoms with Crippen LogP contribution < -0.4 is 11.1 Å². The van der Waals surface area contributed by atoms with Gasteiger partial charge in [0, 0.05) is 0 Å². The summed E-state index contributed by atoms with van der Waals surface area (Å²) in [5, 5.41) is 11.9. The number of hydrogen-bond acceptors (Lipinski definition) is 4. The van der Waals surface area contributed by atoms with E-state index in [1.807, 2.05) is 6.92 Å². The third kappa shape index (κ3) is 4.03. The Kier molecular flexibility index (Phi) is 5.10. The molecule has 1 unspecified atom stereocenters. The zero-order chi connectivity index (χ0) is 12.0. The van der Waals surface area contributed by atoms with Gasteiger partial charge in [0.2, 0.25) is 5.91 Å². The lowest BCUT2D eigenvalue weighted by molar-refractivity contribution is -0.119. The van der Waals surface area contributed by atoms with Crippen molar-refractivity contribution >= 4 is 17.7 Å². The average Bonchev–Trinajstić information content (AvgIpc) is 3.08. The van der Waals surface area contributed by atoms with Crippen molar-refractivity contribution in [2.45, 2.75) is 31.7 Å². The number of carbonyl (C=O) groups excluding carboxylic acids is 1. The molecule has 3 N–H and O–H groups in total. The lowest BCUT2D eigenvalue weighted by Gasteiger charge is -2.22. The Balaban J connectivity index is 2.25. The van der Waals surface area contributed by atoms with Gasteiger partial charge in [-0.05, 0) is 44.4 Å². The first kappa shape index (κ1) is 13.3. The van der Waals surface area contributed by atoms with Gasteiger partial charge in [-0.1, -0.05) is 0 Å². The number of rotatable bonds is 7. The SMILES string of the molecule is CC(C#N)(NC(=O)CSCCCN)C1CC1. The van der Waals surface area contributed by atoms with Crippen LogP contribution in [-0.2, 0) is 4.79 Å².